The molecule has 0 radical (unpaired) electrons. The fourth-order valence-corrected chi connectivity index (χ4v) is 3.39. The molecule has 122 valence electrons. The van der Waals surface area contributed by atoms with Gasteiger partial charge in [0.05, 0.1) is 23.7 Å². The highest BCUT2D eigenvalue weighted by atomic mass is 32.1. The molecule has 0 saturated heterocycles. The largest absolute Gasteiger partial charge is 0.465 e. The van der Waals surface area contributed by atoms with E-state index in [2.05, 4.69) is 15.3 Å². The van der Waals surface area contributed by atoms with E-state index in [1.54, 1.807) is 30.6 Å². The van der Waals surface area contributed by atoms with Gasteiger partial charge in [0.25, 0.3) is 5.91 Å². The van der Waals surface area contributed by atoms with Gasteiger partial charge in [0, 0.05) is 22.8 Å². The summed E-state index contributed by atoms with van der Waals surface area (Å²) in [7, 11) is 1.32. The molecule has 0 saturated carbocycles. The predicted molar refractivity (Wildman–Crippen MR) is 92.6 cm³/mol. The number of esters is 1. The van der Waals surface area contributed by atoms with E-state index in [-0.39, 0.29) is 5.91 Å². The summed E-state index contributed by atoms with van der Waals surface area (Å²) in [5.41, 5.74) is 3.01. The van der Waals surface area contributed by atoms with E-state index in [9.17, 15) is 9.59 Å². The quantitative estimate of drug-likeness (QED) is 0.739. The molecule has 3 rings (SSSR count). The smallest absolute Gasteiger partial charge is 0.341 e. The highest BCUT2D eigenvalue weighted by Gasteiger charge is 2.22. The molecule has 0 spiro atoms. The van der Waals surface area contributed by atoms with Gasteiger partial charge in [-0.2, -0.15) is 0 Å². The van der Waals surface area contributed by atoms with Crippen LogP contribution in [0.3, 0.4) is 0 Å². The van der Waals surface area contributed by atoms with Crippen LogP contribution in [0.15, 0.2) is 30.6 Å². The molecule has 1 aromatic carbocycles. The lowest BCUT2D eigenvalue weighted by molar-refractivity contribution is 0.0601. The van der Waals surface area contributed by atoms with Gasteiger partial charge in [-0.1, -0.05) is 0 Å². The summed E-state index contributed by atoms with van der Waals surface area (Å²) in [4.78, 5) is 33.8. The van der Waals surface area contributed by atoms with Gasteiger partial charge in [-0.05, 0) is 37.6 Å². The summed E-state index contributed by atoms with van der Waals surface area (Å²) in [6.45, 7) is 3.73. The van der Waals surface area contributed by atoms with E-state index in [1.807, 2.05) is 13.8 Å². The van der Waals surface area contributed by atoms with Crippen molar-refractivity contribution in [3.05, 3.63) is 52.2 Å². The number of hydrogen-bond acceptors (Lipinski definition) is 6. The Morgan fingerprint density at radius 1 is 1.12 bits per heavy atom. The summed E-state index contributed by atoms with van der Waals surface area (Å²) < 4.78 is 4.81. The minimum absolute atomic E-state index is 0.311. The third-order valence-electron chi connectivity index (χ3n) is 3.73. The van der Waals surface area contributed by atoms with E-state index >= 15 is 0 Å². The van der Waals surface area contributed by atoms with Crippen LogP contribution in [0.5, 0.6) is 0 Å². The van der Waals surface area contributed by atoms with E-state index in [1.165, 1.54) is 18.4 Å². The Hall–Kier alpha value is -2.80. The Bertz CT molecular complexity index is 949. The Labute approximate surface area is 142 Å². The van der Waals surface area contributed by atoms with Crippen molar-refractivity contribution in [3.63, 3.8) is 0 Å². The first-order valence-electron chi connectivity index (χ1n) is 7.21. The lowest BCUT2D eigenvalue weighted by Crippen LogP contribution is -2.14. The fraction of sp³-hybridized carbons (Fsp3) is 0.176. The Morgan fingerprint density at radius 2 is 1.83 bits per heavy atom. The number of nitrogens with zero attached hydrogens (tertiary/aromatic N) is 2. The zero-order valence-corrected chi connectivity index (χ0v) is 14.2. The van der Waals surface area contributed by atoms with Crippen molar-refractivity contribution in [1.29, 1.82) is 0 Å². The third-order valence-corrected chi connectivity index (χ3v) is 4.86. The van der Waals surface area contributed by atoms with Crippen molar-refractivity contribution in [2.24, 2.45) is 0 Å². The van der Waals surface area contributed by atoms with Crippen molar-refractivity contribution < 1.29 is 14.3 Å². The number of thiophene rings is 1. The second kappa shape index (κ2) is 6.37. The van der Waals surface area contributed by atoms with Crippen LogP contribution >= 0.6 is 11.3 Å². The van der Waals surface area contributed by atoms with Crippen LogP contribution in [0.2, 0.25) is 0 Å². The molecule has 0 aliphatic heterocycles. The highest BCUT2D eigenvalue weighted by Crippen LogP contribution is 2.33. The first-order chi connectivity index (χ1) is 11.5. The van der Waals surface area contributed by atoms with E-state index in [0.29, 0.717) is 27.2 Å². The molecule has 0 unspecified atom stereocenters. The van der Waals surface area contributed by atoms with E-state index in [4.69, 9.17) is 4.74 Å². The summed E-state index contributed by atoms with van der Waals surface area (Å²) >= 11 is 1.35. The first-order valence-corrected chi connectivity index (χ1v) is 8.03. The number of hydrogen-bond donors (Lipinski definition) is 1. The number of fused-ring (bicyclic) bond motifs is 1. The number of nitrogens with one attached hydrogen (secondary N) is 1. The average molecular weight is 341 g/mol. The average Bonchev–Trinajstić information content (AvgIpc) is 2.87. The Kier molecular flexibility index (Phi) is 4.26. The summed E-state index contributed by atoms with van der Waals surface area (Å²) in [6.07, 6.45) is 3.17. The molecular formula is C17H15N3O3S. The van der Waals surface area contributed by atoms with Crippen LogP contribution in [0, 0.1) is 13.8 Å². The van der Waals surface area contributed by atoms with Crippen molar-refractivity contribution in [2.45, 2.75) is 13.8 Å². The highest BCUT2D eigenvalue weighted by molar-refractivity contribution is 7.16. The molecule has 2 aromatic heterocycles. The summed E-state index contributed by atoms with van der Waals surface area (Å²) in [5.74, 6) is -0.773. The molecule has 1 N–H and O–H groups in total. The molecule has 0 aliphatic carbocycles. The van der Waals surface area contributed by atoms with E-state index in [0.717, 1.165) is 10.4 Å². The number of aryl methyl sites for hydroxylation is 1. The molecule has 0 fully saturated rings. The topological polar surface area (TPSA) is 81.2 Å². The third kappa shape index (κ3) is 2.85. The maximum absolute atomic E-state index is 12.5. The zero-order chi connectivity index (χ0) is 17.3. The minimum atomic E-state index is -0.462. The number of ether oxygens (including phenoxy) is 1. The molecule has 0 atom stereocenters. The number of carbonyl (C=O) groups excluding carboxylic acids is 2. The summed E-state index contributed by atoms with van der Waals surface area (Å²) in [5, 5.41) is 3.29. The van der Waals surface area contributed by atoms with Gasteiger partial charge in [-0.25, -0.2) is 4.79 Å². The van der Waals surface area contributed by atoms with Crippen molar-refractivity contribution >= 4 is 39.2 Å². The SMILES string of the molecule is COC(=O)c1c(NC(=O)c2ccc3nccnc3c2)sc(C)c1C. The van der Waals surface area contributed by atoms with Gasteiger partial charge in [0.15, 0.2) is 0 Å². The number of carbonyl (C=O) groups is 2. The fourth-order valence-electron chi connectivity index (χ4n) is 2.34. The van der Waals surface area contributed by atoms with Crippen LogP contribution in [0.1, 0.15) is 31.2 Å². The molecule has 1 amide bonds. The Morgan fingerprint density at radius 3 is 2.54 bits per heavy atom. The molecule has 6 nitrogen and oxygen atoms in total. The van der Waals surface area contributed by atoms with Gasteiger partial charge in [-0.3, -0.25) is 14.8 Å². The van der Waals surface area contributed by atoms with Crippen molar-refractivity contribution in [3.8, 4) is 0 Å². The minimum Gasteiger partial charge on any atom is -0.465 e. The standard InChI is InChI=1S/C17H15N3O3S/c1-9-10(2)24-16(14(9)17(22)23-3)20-15(21)11-4-5-12-13(8-11)19-7-6-18-12/h4-8H,1-3H3,(H,20,21). The molecule has 0 aliphatic rings. The second-order valence-electron chi connectivity index (χ2n) is 5.19. The van der Waals surface area contributed by atoms with Gasteiger partial charge >= 0.3 is 5.97 Å². The molecule has 3 aromatic rings. The van der Waals surface area contributed by atoms with Crippen molar-refractivity contribution in [1.82, 2.24) is 9.97 Å². The van der Waals surface area contributed by atoms with Gasteiger partial charge in [-0.15, -0.1) is 11.3 Å². The lowest BCUT2D eigenvalue weighted by Gasteiger charge is -2.07. The van der Waals surface area contributed by atoms with Crippen LogP contribution in [0.25, 0.3) is 11.0 Å². The van der Waals surface area contributed by atoms with Crippen LogP contribution in [-0.4, -0.2) is 29.0 Å². The van der Waals surface area contributed by atoms with Crippen LogP contribution in [0.4, 0.5) is 5.00 Å². The van der Waals surface area contributed by atoms with Crippen LogP contribution in [-0.2, 0) is 4.74 Å². The normalized spacial score (nSPS) is 10.6. The number of anilines is 1. The molecule has 2 heterocycles. The Balaban J connectivity index is 1.94. The number of rotatable bonds is 3. The lowest BCUT2D eigenvalue weighted by atomic mass is 10.1. The number of amides is 1. The second-order valence-corrected chi connectivity index (χ2v) is 6.42. The van der Waals surface area contributed by atoms with Gasteiger partial charge in [0.2, 0.25) is 0 Å². The van der Waals surface area contributed by atoms with Crippen molar-refractivity contribution in [2.75, 3.05) is 12.4 Å². The monoisotopic (exact) mass is 341 g/mol. The first kappa shape index (κ1) is 16.1. The zero-order valence-electron chi connectivity index (χ0n) is 13.4. The molecule has 0 bridgehead atoms. The number of methoxy groups -OCH3 is 1. The van der Waals surface area contributed by atoms with Crippen LogP contribution < -0.4 is 5.32 Å². The predicted octanol–water partition coefficient (Wildman–Crippen LogP) is 3.35. The van der Waals surface area contributed by atoms with E-state index < -0.39 is 5.97 Å². The van der Waals surface area contributed by atoms with Gasteiger partial charge < -0.3 is 10.1 Å². The molecule has 7 heteroatoms. The maximum atomic E-state index is 12.5. The molecular weight excluding hydrogens is 326 g/mol. The maximum Gasteiger partial charge on any atom is 0.341 e. The number of aromatic nitrogens is 2. The van der Waals surface area contributed by atoms with Gasteiger partial charge in [0.1, 0.15) is 5.00 Å². The summed E-state index contributed by atoms with van der Waals surface area (Å²) in [6, 6.07) is 5.09. The number of benzene rings is 1. The molecule has 24 heavy (non-hydrogen) atoms.